The van der Waals surface area contributed by atoms with Crippen molar-refractivity contribution in [3.8, 4) is 11.8 Å². The minimum absolute atomic E-state index is 0.106. The Balaban J connectivity index is 2.51. The first-order valence-corrected chi connectivity index (χ1v) is 4.34. The number of fused-ring (bicyclic) bond motifs is 1. The average molecular weight is 183 g/mol. The lowest BCUT2D eigenvalue weighted by atomic mass is 10.1. The summed E-state index contributed by atoms with van der Waals surface area (Å²) >= 11 is 0. The molecule has 1 heterocycles. The standard InChI is InChI=1S/C12H9NO/c14-8-2-3-10-5-6-12-11(9-10)4-1-7-13-12/h1,4-7,9,14H,8H2. The van der Waals surface area contributed by atoms with E-state index in [4.69, 9.17) is 5.11 Å². The largest absolute Gasteiger partial charge is 0.384 e. The molecule has 1 aromatic heterocycles. The summed E-state index contributed by atoms with van der Waals surface area (Å²) < 4.78 is 0. The third-order valence-corrected chi connectivity index (χ3v) is 1.91. The van der Waals surface area contributed by atoms with E-state index in [1.807, 2.05) is 30.3 Å². The number of nitrogens with zero attached hydrogens (tertiary/aromatic N) is 1. The zero-order valence-electron chi connectivity index (χ0n) is 7.57. The Morgan fingerprint density at radius 3 is 3.07 bits per heavy atom. The van der Waals surface area contributed by atoms with Crippen molar-refractivity contribution in [1.29, 1.82) is 0 Å². The van der Waals surface area contributed by atoms with Crippen molar-refractivity contribution < 1.29 is 5.11 Å². The molecular weight excluding hydrogens is 174 g/mol. The van der Waals surface area contributed by atoms with Gasteiger partial charge in [0.25, 0.3) is 0 Å². The fourth-order valence-electron chi connectivity index (χ4n) is 1.29. The third-order valence-electron chi connectivity index (χ3n) is 1.91. The summed E-state index contributed by atoms with van der Waals surface area (Å²) in [7, 11) is 0. The first-order valence-electron chi connectivity index (χ1n) is 4.34. The minimum atomic E-state index is -0.106. The van der Waals surface area contributed by atoms with Gasteiger partial charge in [0.05, 0.1) is 5.52 Å². The number of hydrogen-bond donors (Lipinski definition) is 1. The fraction of sp³-hybridized carbons (Fsp3) is 0.0833. The lowest BCUT2D eigenvalue weighted by Gasteiger charge is -1.96. The molecule has 0 bridgehead atoms. The monoisotopic (exact) mass is 183 g/mol. The van der Waals surface area contributed by atoms with Gasteiger partial charge in [0, 0.05) is 17.1 Å². The van der Waals surface area contributed by atoms with Crippen LogP contribution in [0.3, 0.4) is 0 Å². The number of rotatable bonds is 0. The van der Waals surface area contributed by atoms with Crippen molar-refractivity contribution >= 4 is 10.9 Å². The Morgan fingerprint density at radius 1 is 1.29 bits per heavy atom. The highest BCUT2D eigenvalue weighted by Gasteiger charge is 1.93. The zero-order chi connectivity index (χ0) is 9.80. The third kappa shape index (κ3) is 1.73. The van der Waals surface area contributed by atoms with Crippen LogP contribution in [0.2, 0.25) is 0 Å². The van der Waals surface area contributed by atoms with Crippen molar-refractivity contribution in [2.75, 3.05) is 6.61 Å². The second kappa shape index (κ2) is 3.91. The van der Waals surface area contributed by atoms with Gasteiger partial charge in [0.1, 0.15) is 6.61 Å². The highest BCUT2D eigenvalue weighted by Crippen LogP contribution is 2.12. The van der Waals surface area contributed by atoms with E-state index in [-0.39, 0.29) is 6.61 Å². The Bertz CT molecular complexity index is 508. The van der Waals surface area contributed by atoms with Gasteiger partial charge >= 0.3 is 0 Å². The Kier molecular flexibility index (Phi) is 2.44. The predicted octanol–water partition coefficient (Wildman–Crippen LogP) is 1.58. The van der Waals surface area contributed by atoms with Crippen LogP contribution in [-0.4, -0.2) is 16.7 Å². The number of aromatic nitrogens is 1. The van der Waals surface area contributed by atoms with Gasteiger partial charge in [-0.15, -0.1) is 0 Å². The van der Waals surface area contributed by atoms with Crippen molar-refractivity contribution in [3.05, 3.63) is 42.1 Å². The number of aliphatic hydroxyl groups excluding tert-OH is 1. The summed E-state index contributed by atoms with van der Waals surface area (Å²) in [5.41, 5.74) is 1.86. The van der Waals surface area contributed by atoms with E-state index < -0.39 is 0 Å². The summed E-state index contributed by atoms with van der Waals surface area (Å²) in [4.78, 5) is 4.21. The highest BCUT2D eigenvalue weighted by molar-refractivity contribution is 5.79. The molecule has 0 saturated carbocycles. The van der Waals surface area contributed by atoms with Gasteiger partial charge < -0.3 is 5.11 Å². The first kappa shape index (κ1) is 8.74. The highest BCUT2D eigenvalue weighted by atomic mass is 16.2. The number of pyridine rings is 1. The normalized spacial score (nSPS) is 9.50. The molecule has 0 unspecified atom stereocenters. The first-order chi connectivity index (χ1) is 6.90. The summed E-state index contributed by atoms with van der Waals surface area (Å²) in [5.74, 6) is 5.47. The second-order valence-corrected chi connectivity index (χ2v) is 2.87. The van der Waals surface area contributed by atoms with E-state index >= 15 is 0 Å². The molecule has 1 N–H and O–H groups in total. The summed E-state index contributed by atoms with van der Waals surface area (Å²) in [6.45, 7) is -0.106. The molecule has 0 saturated heterocycles. The molecule has 0 fully saturated rings. The fourth-order valence-corrected chi connectivity index (χ4v) is 1.29. The van der Waals surface area contributed by atoms with E-state index in [0.717, 1.165) is 16.5 Å². The molecule has 0 aliphatic carbocycles. The minimum Gasteiger partial charge on any atom is -0.384 e. The van der Waals surface area contributed by atoms with E-state index in [9.17, 15) is 0 Å². The van der Waals surface area contributed by atoms with Gasteiger partial charge in [0.15, 0.2) is 0 Å². The number of benzene rings is 1. The van der Waals surface area contributed by atoms with E-state index in [1.54, 1.807) is 6.20 Å². The lowest BCUT2D eigenvalue weighted by Crippen LogP contribution is -1.80. The second-order valence-electron chi connectivity index (χ2n) is 2.87. The van der Waals surface area contributed by atoms with Crippen molar-refractivity contribution in [1.82, 2.24) is 4.98 Å². The van der Waals surface area contributed by atoms with Crippen LogP contribution in [0, 0.1) is 11.8 Å². The molecule has 0 aliphatic heterocycles. The van der Waals surface area contributed by atoms with Crippen LogP contribution in [0.5, 0.6) is 0 Å². The Hall–Kier alpha value is -1.85. The predicted molar refractivity (Wildman–Crippen MR) is 55.7 cm³/mol. The van der Waals surface area contributed by atoms with Crippen LogP contribution in [0.1, 0.15) is 5.56 Å². The van der Waals surface area contributed by atoms with Gasteiger partial charge in [-0.1, -0.05) is 17.9 Å². The maximum Gasteiger partial charge on any atom is 0.104 e. The van der Waals surface area contributed by atoms with Gasteiger partial charge in [-0.25, -0.2) is 0 Å². The zero-order valence-corrected chi connectivity index (χ0v) is 7.57. The maximum atomic E-state index is 8.55. The van der Waals surface area contributed by atoms with Gasteiger partial charge in [0.2, 0.25) is 0 Å². The molecule has 2 nitrogen and oxygen atoms in total. The number of hydrogen-bond acceptors (Lipinski definition) is 2. The summed E-state index contributed by atoms with van der Waals surface area (Å²) in [6.07, 6.45) is 1.77. The quantitative estimate of drug-likeness (QED) is 0.629. The molecule has 1 aromatic carbocycles. The van der Waals surface area contributed by atoms with Gasteiger partial charge in [-0.2, -0.15) is 0 Å². The SMILES string of the molecule is OCC#Cc1ccc2ncccc2c1. The molecule has 0 radical (unpaired) electrons. The van der Waals surface area contributed by atoms with E-state index in [2.05, 4.69) is 16.8 Å². The molecular formula is C12H9NO. The van der Waals surface area contributed by atoms with Gasteiger partial charge in [-0.3, -0.25) is 4.98 Å². The molecule has 0 aliphatic rings. The van der Waals surface area contributed by atoms with Crippen LogP contribution >= 0.6 is 0 Å². The average Bonchev–Trinajstić information content (AvgIpc) is 2.26. The molecule has 2 rings (SSSR count). The van der Waals surface area contributed by atoms with Crippen molar-refractivity contribution in [2.24, 2.45) is 0 Å². The van der Waals surface area contributed by atoms with Crippen LogP contribution in [-0.2, 0) is 0 Å². The molecule has 68 valence electrons. The smallest absolute Gasteiger partial charge is 0.104 e. The number of aliphatic hydroxyl groups is 1. The van der Waals surface area contributed by atoms with Gasteiger partial charge in [-0.05, 0) is 24.3 Å². The summed E-state index contributed by atoms with van der Waals surface area (Å²) in [6, 6.07) is 9.68. The molecule has 0 amide bonds. The van der Waals surface area contributed by atoms with Crippen LogP contribution in [0.25, 0.3) is 10.9 Å². The summed E-state index contributed by atoms with van der Waals surface area (Å²) in [5, 5.41) is 9.62. The van der Waals surface area contributed by atoms with Crippen LogP contribution in [0.15, 0.2) is 36.5 Å². The molecule has 2 heteroatoms. The molecule has 2 aromatic rings. The molecule has 0 atom stereocenters. The van der Waals surface area contributed by atoms with Crippen molar-refractivity contribution in [3.63, 3.8) is 0 Å². The van der Waals surface area contributed by atoms with Crippen LogP contribution < -0.4 is 0 Å². The Morgan fingerprint density at radius 2 is 2.21 bits per heavy atom. The van der Waals surface area contributed by atoms with E-state index in [1.165, 1.54) is 0 Å². The van der Waals surface area contributed by atoms with Crippen LogP contribution in [0.4, 0.5) is 0 Å². The molecule has 14 heavy (non-hydrogen) atoms. The van der Waals surface area contributed by atoms with Crippen molar-refractivity contribution in [2.45, 2.75) is 0 Å². The topological polar surface area (TPSA) is 33.1 Å². The van der Waals surface area contributed by atoms with E-state index in [0.29, 0.717) is 0 Å². The maximum absolute atomic E-state index is 8.55. The lowest BCUT2D eigenvalue weighted by molar-refractivity contribution is 0.350. The Labute approximate surface area is 82.2 Å². The molecule has 0 spiro atoms.